The lowest BCUT2D eigenvalue weighted by Gasteiger charge is -2.26. The van der Waals surface area contributed by atoms with E-state index in [1.54, 1.807) is 0 Å². The first-order valence-electron chi connectivity index (χ1n) is 17.8. The second kappa shape index (κ2) is 12.7. The van der Waals surface area contributed by atoms with Crippen molar-refractivity contribution in [3.8, 4) is 33.4 Å². The van der Waals surface area contributed by atoms with Crippen molar-refractivity contribution in [2.45, 2.75) is 0 Å². The minimum absolute atomic E-state index is 1.12. The van der Waals surface area contributed by atoms with Gasteiger partial charge in [0.25, 0.3) is 0 Å². The lowest BCUT2D eigenvalue weighted by Crippen LogP contribution is -2.09. The molecular formula is C50H33NS. The Kier molecular flexibility index (Phi) is 7.41. The van der Waals surface area contributed by atoms with Gasteiger partial charge < -0.3 is 4.90 Å². The molecule has 0 saturated carbocycles. The smallest absolute Gasteiger partial charge is 0.0476 e. The van der Waals surface area contributed by atoms with Crippen LogP contribution >= 0.6 is 11.3 Å². The number of hydrogen-bond acceptors (Lipinski definition) is 2. The molecule has 0 aliphatic rings. The molecule has 0 N–H and O–H groups in total. The molecule has 2 heteroatoms. The molecule has 0 radical (unpaired) electrons. The second-order valence-corrected chi connectivity index (χ2v) is 14.4. The van der Waals surface area contributed by atoms with E-state index in [4.69, 9.17) is 0 Å². The maximum atomic E-state index is 2.39. The molecule has 0 fully saturated rings. The monoisotopic (exact) mass is 679 g/mol. The Hall–Kier alpha value is -6.48. The molecule has 52 heavy (non-hydrogen) atoms. The number of thiophene rings is 1. The van der Waals surface area contributed by atoms with Gasteiger partial charge in [-0.2, -0.15) is 0 Å². The van der Waals surface area contributed by atoms with E-state index in [1.807, 2.05) is 11.3 Å². The van der Waals surface area contributed by atoms with Crippen molar-refractivity contribution in [1.29, 1.82) is 0 Å². The van der Waals surface area contributed by atoms with Crippen molar-refractivity contribution in [2.75, 3.05) is 4.90 Å². The van der Waals surface area contributed by atoms with Crippen molar-refractivity contribution in [3.63, 3.8) is 0 Å². The molecule has 0 spiro atoms. The van der Waals surface area contributed by atoms with Gasteiger partial charge in [-0.1, -0.05) is 152 Å². The molecule has 0 aliphatic heterocycles. The quantitative estimate of drug-likeness (QED) is 0.158. The lowest BCUT2D eigenvalue weighted by molar-refractivity contribution is 1.29. The highest BCUT2D eigenvalue weighted by Crippen LogP contribution is 2.43. The number of rotatable bonds is 6. The molecule has 1 nitrogen and oxygen atoms in total. The fraction of sp³-hybridized carbons (Fsp3) is 0. The Labute approximate surface area is 307 Å². The van der Waals surface area contributed by atoms with Crippen LogP contribution in [0.1, 0.15) is 0 Å². The highest BCUT2D eigenvalue weighted by atomic mass is 32.1. The molecule has 0 bridgehead atoms. The predicted molar refractivity (Wildman–Crippen MR) is 225 cm³/mol. The first-order valence-corrected chi connectivity index (χ1v) is 18.6. The third-order valence-corrected chi connectivity index (χ3v) is 11.4. The molecule has 9 aromatic carbocycles. The molecule has 10 aromatic rings. The van der Waals surface area contributed by atoms with Crippen LogP contribution in [0.25, 0.3) is 75.1 Å². The van der Waals surface area contributed by atoms with Crippen LogP contribution in [0, 0.1) is 0 Å². The van der Waals surface area contributed by atoms with E-state index in [1.165, 1.54) is 75.1 Å². The maximum absolute atomic E-state index is 2.39. The summed E-state index contributed by atoms with van der Waals surface area (Å²) >= 11 is 1.86. The third kappa shape index (κ3) is 5.24. The highest BCUT2D eigenvalue weighted by Gasteiger charge is 2.17. The second-order valence-electron chi connectivity index (χ2n) is 13.3. The van der Waals surface area contributed by atoms with E-state index in [9.17, 15) is 0 Å². The SMILES string of the molecule is c1ccc(-c2ccccc2-c2ccc(N(c3ccc(-c4cc5ccccc5c5ccccc45)cc3)c3ccc4c(c3)sc3ccccc34)cc2)cc1. The molecule has 1 heterocycles. The molecule has 10 rings (SSSR count). The summed E-state index contributed by atoms with van der Waals surface area (Å²) in [5.74, 6) is 0. The van der Waals surface area contributed by atoms with Gasteiger partial charge >= 0.3 is 0 Å². The highest BCUT2D eigenvalue weighted by molar-refractivity contribution is 7.25. The van der Waals surface area contributed by atoms with Crippen molar-refractivity contribution >= 4 is 70.1 Å². The normalized spacial score (nSPS) is 11.5. The fourth-order valence-electron chi connectivity index (χ4n) is 7.78. The topological polar surface area (TPSA) is 3.24 Å². The van der Waals surface area contributed by atoms with E-state index < -0.39 is 0 Å². The van der Waals surface area contributed by atoms with Crippen molar-refractivity contribution in [3.05, 3.63) is 200 Å². The number of anilines is 3. The van der Waals surface area contributed by atoms with E-state index in [0.29, 0.717) is 0 Å². The van der Waals surface area contributed by atoms with Gasteiger partial charge in [0.1, 0.15) is 0 Å². The van der Waals surface area contributed by atoms with E-state index >= 15 is 0 Å². The average molecular weight is 680 g/mol. The van der Waals surface area contributed by atoms with Crippen LogP contribution in [0.2, 0.25) is 0 Å². The van der Waals surface area contributed by atoms with Gasteiger partial charge in [-0.05, 0) is 103 Å². The van der Waals surface area contributed by atoms with Crippen LogP contribution in [0.3, 0.4) is 0 Å². The minimum atomic E-state index is 1.12. The van der Waals surface area contributed by atoms with Crippen LogP contribution in [0.15, 0.2) is 200 Å². The van der Waals surface area contributed by atoms with Crippen molar-refractivity contribution in [1.82, 2.24) is 0 Å². The molecule has 1 aromatic heterocycles. The van der Waals surface area contributed by atoms with Crippen LogP contribution < -0.4 is 4.90 Å². The number of hydrogen-bond donors (Lipinski definition) is 0. The first-order chi connectivity index (χ1) is 25.8. The van der Waals surface area contributed by atoms with Crippen LogP contribution in [-0.4, -0.2) is 0 Å². The Balaban J connectivity index is 1.09. The Morgan fingerprint density at radius 1 is 0.288 bits per heavy atom. The van der Waals surface area contributed by atoms with E-state index in [2.05, 4.69) is 205 Å². The minimum Gasteiger partial charge on any atom is -0.310 e. The molecule has 0 aliphatic carbocycles. The van der Waals surface area contributed by atoms with Gasteiger partial charge in [0, 0.05) is 37.2 Å². The molecule has 0 amide bonds. The number of nitrogens with zero attached hydrogens (tertiary/aromatic N) is 1. The maximum Gasteiger partial charge on any atom is 0.0476 e. The zero-order chi connectivity index (χ0) is 34.4. The standard InChI is InChI=1S/C50H33NS/c1-2-12-34(13-3-1)41-15-6-7-16-42(41)35-22-26-38(27-23-35)51(40-30-31-47-46-20-10-11-21-49(46)52-50(47)33-40)39-28-24-36(25-29-39)48-32-37-14-4-5-17-43(37)44-18-8-9-19-45(44)48/h1-33H. The van der Waals surface area contributed by atoms with Gasteiger partial charge in [-0.3, -0.25) is 0 Å². The molecule has 0 unspecified atom stereocenters. The summed E-state index contributed by atoms with van der Waals surface area (Å²) in [7, 11) is 0. The van der Waals surface area contributed by atoms with Crippen LogP contribution in [0.5, 0.6) is 0 Å². The molecule has 244 valence electrons. The van der Waals surface area contributed by atoms with Crippen LogP contribution in [-0.2, 0) is 0 Å². The summed E-state index contributed by atoms with van der Waals surface area (Å²) < 4.78 is 2.60. The fourth-order valence-corrected chi connectivity index (χ4v) is 8.92. The summed E-state index contributed by atoms with van der Waals surface area (Å²) in [5, 5.41) is 7.72. The zero-order valence-corrected chi connectivity index (χ0v) is 29.2. The first kappa shape index (κ1) is 30.4. The molecular weight excluding hydrogens is 647 g/mol. The Morgan fingerprint density at radius 2 is 0.788 bits per heavy atom. The zero-order valence-electron chi connectivity index (χ0n) is 28.4. The van der Waals surface area contributed by atoms with E-state index in [0.717, 1.165) is 17.1 Å². The van der Waals surface area contributed by atoms with Gasteiger partial charge in [0.2, 0.25) is 0 Å². The average Bonchev–Trinajstić information content (AvgIpc) is 3.60. The number of fused-ring (bicyclic) bond motifs is 6. The summed E-state index contributed by atoms with van der Waals surface area (Å²) in [5.41, 5.74) is 10.7. The van der Waals surface area contributed by atoms with Gasteiger partial charge in [0.05, 0.1) is 0 Å². The Morgan fingerprint density at radius 3 is 1.50 bits per heavy atom. The third-order valence-electron chi connectivity index (χ3n) is 10.3. The van der Waals surface area contributed by atoms with Crippen molar-refractivity contribution in [2.24, 2.45) is 0 Å². The molecule has 0 atom stereocenters. The lowest BCUT2D eigenvalue weighted by atomic mass is 9.93. The summed E-state index contributed by atoms with van der Waals surface area (Å²) in [6.45, 7) is 0. The van der Waals surface area contributed by atoms with Gasteiger partial charge in [-0.15, -0.1) is 11.3 Å². The predicted octanol–water partition coefficient (Wildman–Crippen LogP) is 14.8. The van der Waals surface area contributed by atoms with Crippen LogP contribution in [0.4, 0.5) is 17.1 Å². The van der Waals surface area contributed by atoms with Gasteiger partial charge in [-0.25, -0.2) is 0 Å². The summed E-state index contributed by atoms with van der Waals surface area (Å²) in [6.07, 6.45) is 0. The Bertz CT molecular complexity index is 2890. The van der Waals surface area contributed by atoms with E-state index in [-0.39, 0.29) is 0 Å². The molecule has 0 saturated heterocycles. The van der Waals surface area contributed by atoms with Crippen molar-refractivity contribution < 1.29 is 0 Å². The number of benzene rings is 9. The van der Waals surface area contributed by atoms with Gasteiger partial charge in [0.15, 0.2) is 0 Å². The largest absolute Gasteiger partial charge is 0.310 e. The summed E-state index contributed by atoms with van der Waals surface area (Å²) in [6, 6.07) is 72.9. The summed E-state index contributed by atoms with van der Waals surface area (Å²) in [4.78, 5) is 2.39.